The zero-order valence-electron chi connectivity index (χ0n) is 15.4. The number of rotatable bonds is 2. The lowest BCUT2D eigenvalue weighted by molar-refractivity contribution is -0.131. The lowest BCUT2D eigenvalue weighted by atomic mass is 9.52. The number of ketones is 2. The van der Waals surface area contributed by atoms with Crippen LogP contribution in [0.1, 0.15) is 46.5 Å². The zero-order valence-corrected chi connectivity index (χ0v) is 15.4. The van der Waals surface area contributed by atoms with Crippen LogP contribution < -0.4 is 0 Å². The van der Waals surface area contributed by atoms with Crippen LogP contribution in [-0.2, 0) is 9.59 Å². The largest absolute Gasteiger partial charge is 0.389 e. The third-order valence-corrected chi connectivity index (χ3v) is 7.79. The van der Waals surface area contributed by atoms with E-state index in [1.165, 1.54) is 11.1 Å². The molecule has 3 nitrogen and oxygen atoms in total. The molecule has 6 atom stereocenters. The molecule has 1 unspecified atom stereocenters. The summed E-state index contributed by atoms with van der Waals surface area (Å²) in [6, 6.07) is 0. The molecule has 2 fully saturated rings. The highest BCUT2D eigenvalue weighted by Gasteiger charge is 2.59. The van der Waals surface area contributed by atoms with E-state index in [0.717, 1.165) is 25.7 Å². The van der Waals surface area contributed by atoms with Crippen LogP contribution in [-0.4, -0.2) is 23.3 Å². The van der Waals surface area contributed by atoms with E-state index in [2.05, 4.69) is 32.9 Å². The van der Waals surface area contributed by atoms with E-state index in [0.29, 0.717) is 17.8 Å². The first kappa shape index (κ1) is 17.0. The molecule has 4 aliphatic carbocycles. The van der Waals surface area contributed by atoms with E-state index < -0.39 is 0 Å². The number of aliphatic hydroxyl groups excluding tert-OH is 1. The fourth-order valence-electron chi connectivity index (χ4n) is 6.67. The van der Waals surface area contributed by atoms with Gasteiger partial charge in [0.2, 0.25) is 0 Å². The number of carbonyl (C=O) groups excluding carboxylic acids is 2. The number of fused-ring (bicyclic) bond motifs is 5. The SMILES string of the molecule is C[C@@H]1CC2[C@@H]3CCC4=CC(=O)C=C[C@]4(C)C3=CC[C@]2(C)[C@H]1C(=O)CO. The van der Waals surface area contributed by atoms with Gasteiger partial charge in [-0.25, -0.2) is 0 Å². The van der Waals surface area contributed by atoms with Crippen molar-refractivity contribution >= 4 is 11.6 Å². The summed E-state index contributed by atoms with van der Waals surface area (Å²) in [6.45, 7) is 6.35. The number of allylic oxidation sites excluding steroid dienone is 6. The van der Waals surface area contributed by atoms with Crippen LogP contribution in [0.15, 0.2) is 35.5 Å². The van der Waals surface area contributed by atoms with Gasteiger partial charge in [-0.05, 0) is 67.9 Å². The van der Waals surface area contributed by atoms with Crippen molar-refractivity contribution in [2.24, 2.45) is 34.5 Å². The van der Waals surface area contributed by atoms with E-state index in [-0.39, 0.29) is 34.9 Å². The molecule has 0 aromatic rings. The molecule has 2 saturated carbocycles. The lowest BCUT2D eigenvalue weighted by Crippen LogP contribution is -2.45. The van der Waals surface area contributed by atoms with Gasteiger partial charge >= 0.3 is 0 Å². The van der Waals surface area contributed by atoms with Crippen molar-refractivity contribution in [1.82, 2.24) is 0 Å². The first-order valence-electron chi connectivity index (χ1n) is 9.59. The monoisotopic (exact) mass is 340 g/mol. The number of hydrogen-bond donors (Lipinski definition) is 1. The van der Waals surface area contributed by atoms with Gasteiger partial charge in [-0.2, -0.15) is 0 Å². The molecule has 0 aromatic carbocycles. The average Bonchev–Trinajstić information content (AvgIpc) is 2.85. The Kier molecular flexibility index (Phi) is 3.74. The predicted octanol–water partition coefficient (Wildman–Crippen LogP) is 3.64. The summed E-state index contributed by atoms with van der Waals surface area (Å²) in [5.41, 5.74) is 2.54. The molecule has 0 aliphatic heterocycles. The van der Waals surface area contributed by atoms with Crippen LogP contribution in [0.25, 0.3) is 0 Å². The second-order valence-electron chi connectivity index (χ2n) is 9.04. The Bertz CT molecular complexity index is 728. The van der Waals surface area contributed by atoms with E-state index in [9.17, 15) is 14.7 Å². The Morgan fingerprint density at radius 3 is 2.84 bits per heavy atom. The van der Waals surface area contributed by atoms with Crippen molar-refractivity contribution in [3.8, 4) is 0 Å². The van der Waals surface area contributed by atoms with E-state index in [4.69, 9.17) is 0 Å². The fourth-order valence-corrected chi connectivity index (χ4v) is 6.67. The third-order valence-electron chi connectivity index (χ3n) is 7.79. The van der Waals surface area contributed by atoms with E-state index in [1.54, 1.807) is 6.08 Å². The molecule has 4 rings (SSSR count). The summed E-state index contributed by atoms with van der Waals surface area (Å²) in [5.74, 6) is 1.39. The Morgan fingerprint density at radius 1 is 1.36 bits per heavy atom. The van der Waals surface area contributed by atoms with Gasteiger partial charge in [-0.1, -0.05) is 37.1 Å². The summed E-state index contributed by atoms with van der Waals surface area (Å²) in [4.78, 5) is 24.2. The minimum Gasteiger partial charge on any atom is -0.389 e. The van der Waals surface area contributed by atoms with Crippen molar-refractivity contribution in [2.75, 3.05) is 6.61 Å². The number of aliphatic hydroxyl groups is 1. The van der Waals surface area contributed by atoms with Crippen LogP contribution in [0, 0.1) is 34.5 Å². The van der Waals surface area contributed by atoms with Gasteiger partial charge in [0.25, 0.3) is 0 Å². The van der Waals surface area contributed by atoms with Crippen LogP contribution in [0.4, 0.5) is 0 Å². The predicted molar refractivity (Wildman–Crippen MR) is 96.7 cm³/mol. The van der Waals surface area contributed by atoms with Gasteiger partial charge in [0, 0.05) is 11.3 Å². The third kappa shape index (κ3) is 2.21. The van der Waals surface area contributed by atoms with Crippen molar-refractivity contribution in [3.63, 3.8) is 0 Å². The Labute approximate surface area is 149 Å². The molecule has 0 radical (unpaired) electrons. The van der Waals surface area contributed by atoms with E-state index >= 15 is 0 Å². The normalized spacial score (nSPS) is 45.2. The molecule has 134 valence electrons. The first-order valence-corrected chi connectivity index (χ1v) is 9.59. The average molecular weight is 340 g/mol. The molecular weight excluding hydrogens is 312 g/mol. The molecule has 0 bridgehead atoms. The van der Waals surface area contributed by atoms with Gasteiger partial charge < -0.3 is 5.11 Å². The number of hydrogen-bond acceptors (Lipinski definition) is 3. The quantitative estimate of drug-likeness (QED) is 0.781. The minimum absolute atomic E-state index is 0.0140. The summed E-state index contributed by atoms with van der Waals surface area (Å²) < 4.78 is 0. The standard InChI is InChI=1S/C22H28O3/c1-13-10-18-16-5-4-14-11-15(24)6-8-21(14,2)17(16)7-9-22(18,3)20(13)19(25)12-23/h6-8,11,13,16,18,20,23H,4-5,9-10,12H2,1-3H3/t13-,16-,18?,20-,21+,22+/m1/s1. The van der Waals surface area contributed by atoms with Crippen LogP contribution in [0.5, 0.6) is 0 Å². The maximum atomic E-state index is 12.4. The first-order chi connectivity index (χ1) is 11.8. The van der Waals surface area contributed by atoms with Gasteiger partial charge in [0.05, 0.1) is 0 Å². The molecule has 0 amide bonds. The van der Waals surface area contributed by atoms with E-state index in [1.807, 2.05) is 6.08 Å². The Morgan fingerprint density at radius 2 is 2.12 bits per heavy atom. The summed E-state index contributed by atoms with van der Waals surface area (Å²) in [7, 11) is 0. The highest BCUT2D eigenvalue weighted by atomic mass is 16.3. The van der Waals surface area contributed by atoms with Gasteiger partial charge in [0.15, 0.2) is 11.6 Å². The Balaban J connectivity index is 1.75. The number of carbonyl (C=O) groups is 2. The second kappa shape index (κ2) is 5.51. The lowest BCUT2D eigenvalue weighted by Gasteiger charge is -2.52. The van der Waals surface area contributed by atoms with Gasteiger partial charge in [-0.3, -0.25) is 9.59 Å². The molecule has 1 N–H and O–H groups in total. The van der Waals surface area contributed by atoms with Crippen molar-refractivity contribution in [3.05, 3.63) is 35.5 Å². The summed E-state index contributed by atoms with van der Waals surface area (Å²) in [6.07, 6.45) is 12.0. The highest BCUT2D eigenvalue weighted by Crippen LogP contribution is 2.65. The molecule has 25 heavy (non-hydrogen) atoms. The molecular formula is C22H28O3. The summed E-state index contributed by atoms with van der Waals surface area (Å²) >= 11 is 0. The maximum Gasteiger partial charge on any atom is 0.178 e. The minimum atomic E-state index is -0.339. The highest BCUT2D eigenvalue weighted by molar-refractivity contribution is 6.01. The Hall–Kier alpha value is -1.48. The van der Waals surface area contributed by atoms with Crippen molar-refractivity contribution < 1.29 is 14.7 Å². The van der Waals surface area contributed by atoms with Crippen LogP contribution in [0.3, 0.4) is 0 Å². The molecule has 3 heteroatoms. The summed E-state index contributed by atoms with van der Waals surface area (Å²) in [5, 5.41) is 9.46. The number of Topliss-reactive ketones (excluding diaryl/α,β-unsaturated/α-hetero) is 1. The van der Waals surface area contributed by atoms with Crippen molar-refractivity contribution in [2.45, 2.75) is 46.5 Å². The molecule has 4 aliphatic rings. The van der Waals surface area contributed by atoms with Crippen LogP contribution >= 0.6 is 0 Å². The molecule has 0 heterocycles. The van der Waals surface area contributed by atoms with Gasteiger partial charge in [0.1, 0.15) is 6.61 Å². The molecule has 0 spiro atoms. The van der Waals surface area contributed by atoms with Gasteiger partial charge in [-0.15, -0.1) is 0 Å². The maximum absolute atomic E-state index is 12.4. The zero-order chi connectivity index (χ0) is 18.0. The van der Waals surface area contributed by atoms with Crippen molar-refractivity contribution in [1.29, 1.82) is 0 Å². The smallest absolute Gasteiger partial charge is 0.178 e. The topological polar surface area (TPSA) is 54.4 Å². The second-order valence-corrected chi connectivity index (χ2v) is 9.04. The fraction of sp³-hybridized carbons (Fsp3) is 0.636. The van der Waals surface area contributed by atoms with Crippen LogP contribution in [0.2, 0.25) is 0 Å². The molecule has 0 saturated heterocycles. The molecule has 0 aromatic heterocycles.